The molecular formula is C7H11NO3. The molecule has 0 unspecified atom stereocenters. The van der Waals surface area contributed by atoms with Crippen LogP contribution >= 0.6 is 0 Å². The van der Waals surface area contributed by atoms with Crippen molar-refractivity contribution in [2.75, 3.05) is 7.11 Å². The summed E-state index contributed by atoms with van der Waals surface area (Å²) >= 11 is 0. The average molecular weight is 157 g/mol. The Hall–Kier alpha value is -1.32. The fourth-order valence-electron chi connectivity index (χ4n) is 0.541. The van der Waals surface area contributed by atoms with Crippen molar-refractivity contribution in [2.24, 2.45) is 0 Å². The molecule has 0 aliphatic carbocycles. The summed E-state index contributed by atoms with van der Waals surface area (Å²) < 4.78 is 4.38. The van der Waals surface area contributed by atoms with Gasteiger partial charge in [0.25, 0.3) is 0 Å². The van der Waals surface area contributed by atoms with Crippen LogP contribution < -0.4 is 5.32 Å². The van der Waals surface area contributed by atoms with E-state index in [1.807, 2.05) is 0 Å². The molecule has 11 heavy (non-hydrogen) atoms. The van der Waals surface area contributed by atoms with E-state index in [0.29, 0.717) is 0 Å². The molecule has 0 spiro atoms. The lowest BCUT2D eigenvalue weighted by Crippen LogP contribution is -2.25. The fourth-order valence-corrected chi connectivity index (χ4v) is 0.541. The van der Waals surface area contributed by atoms with Crippen LogP contribution in [0.1, 0.15) is 13.8 Å². The summed E-state index contributed by atoms with van der Waals surface area (Å²) in [5, 5.41) is 2.33. The summed E-state index contributed by atoms with van der Waals surface area (Å²) in [7, 11) is 1.26. The first-order valence-corrected chi connectivity index (χ1v) is 3.14. The van der Waals surface area contributed by atoms with E-state index < -0.39 is 5.97 Å². The second-order valence-corrected chi connectivity index (χ2v) is 1.88. The monoisotopic (exact) mass is 157 g/mol. The lowest BCUT2D eigenvalue weighted by molar-refractivity contribution is -0.137. The number of hydrogen-bond donors (Lipinski definition) is 1. The van der Waals surface area contributed by atoms with Crippen LogP contribution in [0.4, 0.5) is 0 Å². The number of esters is 1. The molecule has 1 amide bonds. The van der Waals surface area contributed by atoms with Gasteiger partial charge in [0, 0.05) is 6.92 Å². The number of carbonyl (C=O) groups excluding carboxylic acids is 2. The molecule has 0 aromatic rings. The van der Waals surface area contributed by atoms with Gasteiger partial charge in [-0.25, -0.2) is 4.79 Å². The van der Waals surface area contributed by atoms with Gasteiger partial charge in [0.05, 0.1) is 7.11 Å². The number of rotatable bonds is 2. The quantitative estimate of drug-likeness (QED) is 0.460. The first-order valence-electron chi connectivity index (χ1n) is 3.14. The Labute approximate surface area is 65.2 Å². The van der Waals surface area contributed by atoms with Crippen molar-refractivity contribution in [1.29, 1.82) is 0 Å². The summed E-state index contributed by atoms with van der Waals surface area (Å²) in [6, 6.07) is 0. The van der Waals surface area contributed by atoms with E-state index in [4.69, 9.17) is 0 Å². The molecule has 1 N–H and O–H groups in total. The Morgan fingerprint density at radius 2 is 2.00 bits per heavy atom. The largest absolute Gasteiger partial charge is 0.464 e. The summed E-state index contributed by atoms with van der Waals surface area (Å²) in [5.74, 6) is -0.828. The van der Waals surface area contributed by atoms with Gasteiger partial charge in [-0.1, -0.05) is 6.08 Å². The highest BCUT2D eigenvalue weighted by Crippen LogP contribution is 1.91. The fraction of sp³-hybridized carbons (Fsp3) is 0.429. The molecule has 0 atom stereocenters. The Balaban J connectivity index is 4.20. The SMILES string of the molecule is CC=C(NC(C)=O)C(=O)OC. The predicted octanol–water partition coefficient (Wildman–Crippen LogP) is 0.199. The molecule has 0 fully saturated rings. The zero-order valence-corrected chi connectivity index (χ0v) is 6.80. The maximum atomic E-state index is 10.8. The first-order chi connectivity index (χ1) is 5.11. The molecule has 0 saturated carbocycles. The minimum Gasteiger partial charge on any atom is -0.464 e. The van der Waals surface area contributed by atoms with Gasteiger partial charge in [0.1, 0.15) is 5.70 Å². The molecule has 0 aromatic heterocycles. The van der Waals surface area contributed by atoms with Gasteiger partial charge in [-0.3, -0.25) is 4.79 Å². The molecule has 4 heteroatoms. The van der Waals surface area contributed by atoms with Crippen LogP contribution in [0.15, 0.2) is 11.8 Å². The highest BCUT2D eigenvalue weighted by Gasteiger charge is 2.08. The van der Waals surface area contributed by atoms with E-state index in [2.05, 4.69) is 10.1 Å². The summed E-state index contributed by atoms with van der Waals surface area (Å²) in [4.78, 5) is 21.2. The maximum Gasteiger partial charge on any atom is 0.354 e. The minimum absolute atomic E-state index is 0.167. The van der Waals surface area contributed by atoms with Gasteiger partial charge in [-0.2, -0.15) is 0 Å². The van der Waals surface area contributed by atoms with Crippen molar-refractivity contribution >= 4 is 11.9 Å². The van der Waals surface area contributed by atoms with Crippen LogP contribution in [0.3, 0.4) is 0 Å². The molecular weight excluding hydrogens is 146 g/mol. The van der Waals surface area contributed by atoms with Crippen molar-refractivity contribution in [2.45, 2.75) is 13.8 Å². The number of methoxy groups -OCH3 is 1. The van der Waals surface area contributed by atoms with Gasteiger partial charge in [-0.15, -0.1) is 0 Å². The molecule has 0 aromatic carbocycles. The lowest BCUT2D eigenvalue weighted by Gasteiger charge is -2.03. The van der Waals surface area contributed by atoms with Crippen LogP contribution in [0.2, 0.25) is 0 Å². The molecule has 0 aliphatic rings. The van der Waals surface area contributed by atoms with E-state index in [1.165, 1.54) is 20.1 Å². The highest BCUT2D eigenvalue weighted by atomic mass is 16.5. The van der Waals surface area contributed by atoms with Gasteiger partial charge >= 0.3 is 5.97 Å². The highest BCUT2D eigenvalue weighted by molar-refractivity contribution is 5.92. The van der Waals surface area contributed by atoms with Gasteiger partial charge < -0.3 is 10.1 Å². The second-order valence-electron chi connectivity index (χ2n) is 1.88. The normalized spacial score (nSPS) is 10.6. The average Bonchev–Trinajstić information content (AvgIpc) is 1.98. The molecule has 0 rings (SSSR count). The first kappa shape index (κ1) is 9.68. The topological polar surface area (TPSA) is 55.4 Å². The van der Waals surface area contributed by atoms with Crippen LogP contribution in [0.25, 0.3) is 0 Å². The molecule has 0 saturated heterocycles. The number of allylic oxidation sites excluding steroid dienone is 1. The Morgan fingerprint density at radius 3 is 2.27 bits per heavy atom. The van der Waals surface area contributed by atoms with E-state index >= 15 is 0 Å². The smallest absolute Gasteiger partial charge is 0.354 e. The van der Waals surface area contributed by atoms with E-state index in [-0.39, 0.29) is 11.6 Å². The molecule has 62 valence electrons. The zero-order valence-electron chi connectivity index (χ0n) is 6.80. The summed E-state index contributed by atoms with van der Waals surface area (Å²) in [6.45, 7) is 2.97. The van der Waals surface area contributed by atoms with Crippen LogP contribution in [-0.4, -0.2) is 19.0 Å². The van der Waals surface area contributed by atoms with E-state index in [1.54, 1.807) is 6.92 Å². The molecule has 0 aliphatic heterocycles. The van der Waals surface area contributed by atoms with Crippen molar-refractivity contribution < 1.29 is 14.3 Å². The second kappa shape index (κ2) is 4.49. The molecule has 4 nitrogen and oxygen atoms in total. The summed E-state index contributed by atoms with van der Waals surface area (Å²) in [5.41, 5.74) is 0.167. The van der Waals surface area contributed by atoms with Crippen LogP contribution in [0, 0.1) is 0 Å². The van der Waals surface area contributed by atoms with Crippen LogP contribution in [0.5, 0.6) is 0 Å². The molecule has 0 heterocycles. The standard InChI is InChI=1S/C7H11NO3/c1-4-6(7(10)11-3)8-5(2)9/h4H,1-3H3,(H,8,9). The van der Waals surface area contributed by atoms with Crippen molar-refractivity contribution in [3.05, 3.63) is 11.8 Å². The molecule has 0 bridgehead atoms. The van der Waals surface area contributed by atoms with Gasteiger partial charge in [0.15, 0.2) is 0 Å². The van der Waals surface area contributed by atoms with Crippen LogP contribution in [-0.2, 0) is 14.3 Å². The Morgan fingerprint density at radius 1 is 1.45 bits per heavy atom. The third-order valence-corrected chi connectivity index (χ3v) is 1.00. The maximum absolute atomic E-state index is 10.8. The van der Waals surface area contributed by atoms with Crippen molar-refractivity contribution in [1.82, 2.24) is 5.32 Å². The Bertz CT molecular complexity index is 196. The van der Waals surface area contributed by atoms with Gasteiger partial charge in [0.2, 0.25) is 5.91 Å². The van der Waals surface area contributed by atoms with E-state index in [9.17, 15) is 9.59 Å². The molecule has 0 radical (unpaired) electrons. The number of amides is 1. The zero-order chi connectivity index (χ0) is 8.85. The third kappa shape index (κ3) is 3.40. The van der Waals surface area contributed by atoms with E-state index in [0.717, 1.165) is 0 Å². The van der Waals surface area contributed by atoms with Crippen molar-refractivity contribution in [3.63, 3.8) is 0 Å². The lowest BCUT2D eigenvalue weighted by atomic mass is 10.4. The number of ether oxygens (including phenoxy) is 1. The third-order valence-electron chi connectivity index (χ3n) is 1.00. The number of carbonyl (C=O) groups is 2. The summed E-state index contributed by atoms with van der Waals surface area (Å²) in [6.07, 6.45) is 1.48. The van der Waals surface area contributed by atoms with Gasteiger partial charge in [-0.05, 0) is 6.92 Å². The predicted molar refractivity (Wildman–Crippen MR) is 39.6 cm³/mol. The number of hydrogen-bond acceptors (Lipinski definition) is 3. The Kier molecular flexibility index (Phi) is 3.95. The minimum atomic E-state index is -0.539. The number of nitrogens with one attached hydrogen (secondary N) is 1. The van der Waals surface area contributed by atoms with Crippen molar-refractivity contribution in [3.8, 4) is 0 Å².